The molecular weight excluding hydrogens is 314 g/mol. The molecule has 24 heavy (non-hydrogen) atoms. The van der Waals surface area contributed by atoms with Crippen molar-refractivity contribution in [2.45, 2.75) is 13.5 Å². The average Bonchev–Trinajstić information content (AvgIpc) is 3.15. The van der Waals surface area contributed by atoms with Gasteiger partial charge < -0.3 is 10.1 Å². The van der Waals surface area contributed by atoms with Gasteiger partial charge >= 0.3 is 6.09 Å². The second-order valence-corrected chi connectivity index (χ2v) is 4.81. The molecule has 3 aromatic rings. The molecule has 0 saturated carbocycles. The number of H-pyrrole nitrogens is 1. The number of hydrogen-bond acceptors (Lipinski definition) is 6. The fraction of sp³-hybridized carbons (Fsp3) is 0.214. The zero-order chi connectivity index (χ0) is 16.9. The molecule has 0 fully saturated rings. The molecule has 0 aliphatic carbocycles. The number of anilines is 2. The topological polar surface area (TPSA) is 127 Å². The number of rotatable bonds is 5. The van der Waals surface area contributed by atoms with Crippen LogP contribution in [0.4, 0.5) is 16.4 Å². The van der Waals surface area contributed by atoms with Crippen LogP contribution in [0.3, 0.4) is 0 Å². The van der Waals surface area contributed by atoms with Crippen molar-refractivity contribution in [2.24, 2.45) is 0 Å². The molecular formula is C14H15N7O3. The highest BCUT2D eigenvalue weighted by Crippen LogP contribution is 2.19. The zero-order valence-corrected chi connectivity index (χ0v) is 12.8. The van der Waals surface area contributed by atoms with Crippen LogP contribution in [0.15, 0.2) is 30.5 Å². The number of nitrogens with zero attached hydrogens (tertiary/aromatic N) is 4. The normalized spacial score (nSPS) is 10.5. The molecule has 1 aromatic carbocycles. The van der Waals surface area contributed by atoms with E-state index in [1.54, 1.807) is 6.92 Å². The number of benzene rings is 1. The van der Waals surface area contributed by atoms with Crippen molar-refractivity contribution in [3.8, 4) is 0 Å². The fourth-order valence-electron chi connectivity index (χ4n) is 2.08. The summed E-state index contributed by atoms with van der Waals surface area (Å²) >= 11 is 0. The second kappa shape index (κ2) is 6.77. The number of aromatic nitrogens is 5. The van der Waals surface area contributed by atoms with Crippen LogP contribution in [0.2, 0.25) is 0 Å². The summed E-state index contributed by atoms with van der Waals surface area (Å²) < 4.78 is 6.03. The lowest BCUT2D eigenvalue weighted by atomic mass is 10.2. The summed E-state index contributed by atoms with van der Waals surface area (Å²) in [5.41, 5.74) is 0.828. The first kappa shape index (κ1) is 15.5. The lowest BCUT2D eigenvalue weighted by Gasteiger charge is -2.02. The summed E-state index contributed by atoms with van der Waals surface area (Å²) in [6.45, 7) is 1.87. The first-order valence-corrected chi connectivity index (χ1v) is 7.22. The SMILES string of the molecule is CCOC(=O)Nc1cn(CC(=O)Nc2n[nH]c3ccccc23)nn1. The maximum Gasteiger partial charge on any atom is 0.412 e. The van der Waals surface area contributed by atoms with E-state index >= 15 is 0 Å². The highest BCUT2D eigenvalue weighted by Gasteiger charge is 2.11. The van der Waals surface area contributed by atoms with Crippen LogP contribution in [0.5, 0.6) is 0 Å². The van der Waals surface area contributed by atoms with Crippen LogP contribution in [0.1, 0.15) is 6.92 Å². The van der Waals surface area contributed by atoms with E-state index in [-0.39, 0.29) is 24.9 Å². The van der Waals surface area contributed by atoms with Crippen molar-refractivity contribution >= 4 is 34.5 Å². The van der Waals surface area contributed by atoms with Gasteiger partial charge in [-0.05, 0) is 19.1 Å². The maximum absolute atomic E-state index is 12.1. The number of ether oxygens (including phenoxy) is 1. The van der Waals surface area contributed by atoms with Crippen LogP contribution in [0, 0.1) is 0 Å². The monoisotopic (exact) mass is 329 g/mol. The third-order valence-electron chi connectivity index (χ3n) is 3.08. The Kier molecular flexibility index (Phi) is 4.36. The third kappa shape index (κ3) is 3.48. The molecule has 2 heterocycles. The largest absolute Gasteiger partial charge is 0.450 e. The highest BCUT2D eigenvalue weighted by atomic mass is 16.5. The minimum Gasteiger partial charge on any atom is -0.450 e. The van der Waals surface area contributed by atoms with Crippen LogP contribution in [-0.4, -0.2) is 43.8 Å². The molecule has 0 radical (unpaired) electrons. The molecule has 3 rings (SSSR count). The van der Waals surface area contributed by atoms with Gasteiger partial charge in [0.2, 0.25) is 5.91 Å². The van der Waals surface area contributed by atoms with Gasteiger partial charge in [-0.15, -0.1) is 5.10 Å². The van der Waals surface area contributed by atoms with E-state index in [9.17, 15) is 9.59 Å². The third-order valence-corrected chi connectivity index (χ3v) is 3.08. The van der Waals surface area contributed by atoms with Crippen molar-refractivity contribution in [1.82, 2.24) is 25.2 Å². The quantitative estimate of drug-likeness (QED) is 0.648. The van der Waals surface area contributed by atoms with Gasteiger partial charge in [-0.1, -0.05) is 17.3 Å². The van der Waals surface area contributed by atoms with E-state index in [1.165, 1.54) is 10.9 Å². The Morgan fingerprint density at radius 2 is 2.12 bits per heavy atom. The number of carbonyl (C=O) groups is 2. The van der Waals surface area contributed by atoms with Gasteiger partial charge in [0.25, 0.3) is 0 Å². The summed E-state index contributed by atoms with van der Waals surface area (Å²) in [7, 11) is 0. The van der Waals surface area contributed by atoms with Gasteiger partial charge in [0.15, 0.2) is 11.6 Å². The summed E-state index contributed by atoms with van der Waals surface area (Å²) in [6.07, 6.45) is 0.802. The fourth-order valence-corrected chi connectivity index (χ4v) is 2.08. The molecule has 0 bridgehead atoms. The lowest BCUT2D eigenvalue weighted by Crippen LogP contribution is -2.19. The summed E-state index contributed by atoms with van der Waals surface area (Å²) in [4.78, 5) is 23.4. The zero-order valence-electron chi connectivity index (χ0n) is 12.8. The van der Waals surface area contributed by atoms with Crippen LogP contribution < -0.4 is 10.6 Å². The van der Waals surface area contributed by atoms with Crippen molar-refractivity contribution in [2.75, 3.05) is 17.2 Å². The van der Waals surface area contributed by atoms with Gasteiger partial charge in [0.1, 0.15) is 6.54 Å². The van der Waals surface area contributed by atoms with E-state index in [0.717, 1.165) is 10.9 Å². The number of carbonyl (C=O) groups excluding carboxylic acids is 2. The summed E-state index contributed by atoms with van der Waals surface area (Å²) in [6, 6.07) is 7.45. The maximum atomic E-state index is 12.1. The van der Waals surface area contributed by atoms with Gasteiger partial charge in [-0.3, -0.25) is 15.2 Å². The molecule has 2 aromatic heterocycles. The molecule has 124 valence electrons. The Bertz CT molecular complexity index is 870. The average molecular weight is 329 g/mol. The van der Waals surface area contributed by atoms with Crippen molar-refractivity contribution in [3.05, 3.63) is 30.5 Å². The minimum atomic E-state index is -0.628. The van der Waals surface area contributed by atoms with Gasteiger partial charge in [0, 0.05) is 5.39 Å². The number of amides is 2. The van der Waals surface area contributed by atoms with E-state index < -0.39 is 6.09 Å². The molecule has 10 nitrogen and oxygen atoms in total. The van der Waals surface area contributed by atoms with Crippen molar-refractivity contribution in [1.29, 1.82) is 0 Å². The summed E-state index contributed by atoms with van der Waals surface area (Å²) in [5.74, 6) is 0.326. The Balaban J connectivity index is 1.61. The van der Waals surface area contributed by atoms with E-state index in [0.29, 0.717) is 5.82 Å². The van der Waals surface area contributed by atoms with E-state index in [1.807, 2.05) is 24.3 Å². The molecule has 10 heteroatoms. The predicted octanol–water partition coefficient (Wildman–Crippen LogP) is 1.36. The number of fused-ring (bicyclic) bond motifs is 1. The van der Waals surface area contributed by atoms with Crippen molar-refractivity contribution in [3.63, 3.8) is 0 Å². The molecule has 3 N–H and O–H groups in total. The Hall–Kier alpha value is -3.43. The molecule has 0 aliphatic heterocycles. The molecule has 0 aliphatic rings. The number of nitrogens with one attached hydrogen (secondary N) is 3. The van der Waals surface area contributed by atoms with Crippen LogP contribution >= 0.6 is 0 Å². The van der Waals surface area contributed by atoms with Crippen molar-refractivity contribution < 1.29 is 14.3 Å². The highest BCUT2D eigenvalue weighted by molar-refractivity contribution is 5.99. The molecule has 0 saturated heterocycles. The van der Waals surface area contributed by atoms with E-state index in [2.05, 4.69) is 31.1 Å². The predicted molar refractivity (Wildman–Crippen MR) is 85.4 cm³/mol. The van der Waals surface area contributed by atoms with Crippen LogP contribution in [-0.2, 0) is 16.1 Å². The Morgan fingerprint density at radius 1 is 1.29 bits per heavy atom. The molecule has 0 unspecified atom stereocenters. The van der Waals surface area contributed by atoms with Crippen LogP contribution in [0.25, 0.3) is 10.9 Å². The van der Waals surface area contributed by atoms with Gasteiger partial charge in [-0.25, -0.2) is 9.48 Å². The summed E-state index contributed by atoms with van der Waals surface area (Å²) in [5, 5.41) is 20.3. The van der Waals surface area contributed by atoms with E-state index in [4.69, 9.17) is 4.74 Å². The first-order valence-electron chi connectivity index (χ1n) is 7.22. The molecule has 0 spiro atoms. The number of aromatic amines is 1. The number of para-hydroxylation sites is 1. The lowest BCUT2D eigenvalue weighted by molar-refractivity contribution is -0.116. The Morgan fingerprint density at radius 3 is 2.96 bits per heavy atom. The minimum absolute atomic E-state index is 0.0707. The standard InChI is InChI=1S/C14H15N7O3/c1-2-24-14(23)15-11-7-21(20-18-11)8-12(22)16-13-9-5-3-4-6-10(9)17-19-13/h3-7H,2,8H2,1H3,(H,15,23)(H2,16,17,19,22). The first-order chi connectivity index (χ1) is 11.7. The van der Waals surface area contributed by atoms with Gasteiger partial charge in [0.05, 0.1) is 18.3 Å². The van der Waals surface area contributed by atoms with Gasteiger partial charge in [-0.2, -0.15) is 5.10 Å². The molecule has 2 amide bonds. The second-order valence-electron chi connectivity index (χ2n) is 4.81. The number of hydrogen-bond donors (Lipinski definition) is 3. The smallest absolute Gasteiger partial charge is 0.412 e. The molecule has 0 atom stereocenters. The Labute approximate surface area is 136 Å².